The zero-order valence-electron chi connectivity index (χ0n) is 69.2. The molecule has 17 unspecified atom stereocenters. The van der Waals surface area contributed by atoms with Gasteiger partial charge in [0.05, 0.1) is 38.6 Å². The Balaban J connectivity index is 1.33. The molecule has 3 fully saturated rings. The Bertz CT molecular complexity index is 2430. The molecule has 0 bridgehead atoms. The number of carbonyl (C=O) groups excluding carboxylic acids is 1. The smallest absolute Gasteiger partial charge is 0.220 e. The number of ether oxygens (including phenoxy) is 6. The quantitative estimate of drug-likeness (QED) is 0.0199. The Kier molecular flexibility index (Phi) is 64.7. The zero-order valence-corrected chi connectivity index (χ0v) is 69.2. The molecule has 17 atom stereocenters. The van der Waals surface area contributed by atoms with Crippen molar-refractivity contribution in [3.63, 3.8) is 0 Å². The minimum atomic E-state index is -1.98. The molecular formula is C92H161NO18. The molecule has 3 aliphatic rings. The molecule has 0 saturated carbocycles. The second-order valence-electron chi connectivity index (χ2n) is 31.3. The largest absolute Gasteiger partial charge is 0.394 e. The monoisotopic (exact) mass is 1570 g/mol. The Morgan fingerprint density at radius 2 is 0.622 bits per heavy atom. The van der Waals surface area contributed by atoms with Gasteiger partial charge < -0.3 is 89.9 Å². The number of aliphatic hydroxyl groups excluding tert-OH is 11. The van der Waals surface area contributed by atoms with E-state index < -0.39 is 124 Å². The number of hydrogen-bond acceptors (Lipinski definition) is 18. The normalized spacial score (nSPS) is 25.6. The fraction of sp³-hybridized carbons (Fsp3) is 0.793. The first-order chi connectivity index (χ1) is 54.3. The molecular weight excluding hydrogens is 1410 g/mol. The van der Waals surface area contributed by atoms with Crippen molar-refractivity contribution < 1.29 is 89.4 Å². The van der Waals surface area contributed by atoms with Crippen molar-refractivity contribution in [1.82, 2.24) is 5.32 Å². The van der Waals surface area contributed by atoms with Gasteiger partial charge in [0.1, 0.15) is 73.2 Å². The van der Waals surface area contributed by atoms with Crippen molar-refractivity contribution >= 4 is 5.91 Å². The fourth-order valence-corrected chi connectivity index (χ4v) is 14.5. The van der Waals surface area contributed by atoms with Gasteiger partial charge in [-0.05, 0) is 83.5 Å². The number of unbranched alkanes of at least 4 members (excludes halogenated alkanes) is 39. The Hall–Kier alpha value is -3.55. The third-order valence-electron chi connectivity index (χ3n) is 21.6. The summed E-state index contributed by atoms with van der Waals surface area (Å²) >= 11 is 0. The van der Waals surface area contributed by atoms with Gasteiger partial charge in [-0.25, -0.2) is 0 Å². The Morgan fingerprint density at radius 1 is 0.333 bits per heavy atom. The maximum Gasteiger partial charge on any atom is 0.220 e. The number of hydrogen-bond donors (Lipinski definition) is 12. The van der Waals surface area contributed by atoms with Gasteiger partial charge in [0.25, 0.3) is 0 Å². The zero-order chi connectivity index (χ0) is 80.3. The molecule has 642 valence electrons. The van der Waals surface area contributed by atoms with E-state index in [1.165, 1.54) is 205 Å². The van der Waals surface area contributed by atoms with Crippen LogP contribution >= 0.6 is 0 Å². The van der Waals surface area contributed by atoms with Crippen LogP contribution in [0.5, 0.6) is 0 Å². The lowest BCUT2D eigenvalue weighted by Crippen LogP contribution is -2.66. The number of allylic oxidation sites excluding steroid dienone is 17. The molecule has 0 aromatic heterocycles. The molecule has 3 heterocycles. The van der Waals surface area contributed by atoms with Crippen LogP contribution in [0.15, 0.2) is 109 Å². The predicted octanol–water partition coefficient (Wildman–Crippen LogP) is 16.8. The summed E-state index contributed by atoms with van der Waals surface area (Å²) in [6.07, 6.45) is 72.2. The van der Waals surface area contributed by atoms with Gasteiger partial charge in [-0.3, -0.25) is 4.79 Å². The Labute approximate surface area is 672 Å². The molecule has 3 rings (SSSR count). The van der Waals surface area contributed by atoms with Crippen molar-refractivity contribution in [2.45, 2.75) is 439 Å². The second-order valence-corrected chi connectivity index (χ2v) is 31.3. The van der Waals surface area contributed by atoms with E-state index in [-0.39, 0.29) is 18.9 Å². The first-order valence-corrected chi connectivity index (χ1v) is 44.6. The van der Waals surface area contributed by atoms with Crippen LogP contribution in [0.25, 0.3) is 0 Å². The minimum Gasteiger partial charge on any atom is -0.394 e. The van der Waals surface area contributed by atoms with Crippen LogP contribution in [0.1, 0.15) is 335 Å². The molecule has 3 saturated heterocycles. The molecule has 0 aromatic rings. The molecule has 0 radical (unpaired) electrons. The van der Waals surface area contributed by atoms with Crippen molar-refractivity contribution in [3.05, 3.63) is 109 Å². The SMILES string of the molecule is CC/C=C\C/C=C\C/C=C\C/C=C\C/C=C\C/C=C\C/C=C\C/C=C\CCCCCCCCCCCCCCCCC(=O)NC(COC1OC(CO)C(OC2OC(CO)C(OC3OC(CO)C(O)C(O)C3O)C(O)C2O)C(O)C1O)C(O)/C=C/CCCCCCCCCCCCCCCCCCCCCCCCCCC. The molecule has 111 heavy (non-hydrogen) atoms. The summed E-state index contributed by atoms with van der Waals surface area (Å²) in [5.41, 5.74) is 0. The van der Waals surface area contributed by atoms with Crippen LogP contribution in [0.3, 0.4) is 0 Å². The van der Waals surface area contributed by atoms with E-state index in [1.54, 1.807) is 6.08 Å². The molecule has 12 N–H and O–H groups in total. The van der Waals surface area contributed by atoms with E-state index in [0.717, 1.165) is 103 Å². The highest BCUT2D eigenvalue weighted by Gasteiger charge is 2.54. The van der Waals surface area contributed by atoms with E-state index in [9.17, 15) is 61.0 Å². The number of nitrogens with one attached hydrogen (secondary N) is 1. The van der Waals surface area contributed by atoms with Crippen molar-refractivity contribution in [1.29, 1.82) is 0 Å². The first kappa shape index (κ1) is 102. The number of aliphatic hydroxyl groups is 11. The van der Waals surface area contributed by atoms with Crippen LogP contribution < -0.4 is 5.32 Å². The summed E-state index contributed by atoms with van der Waals surface area (Å²) < 4.78 is 34.5. The average Bonchev–Trinajstić information content (AvgIpc) is 0.780. The van der Waals surface area contributed by atoms with Gasteiger partial charge in [-0.1, -0.05) is 354 Å². The molecule has 0 aliphatic carbocycles. The standard InChI is InChI=1S/C92H161NO18/c1-3-5-7-9-11-13-15-17-19-21-23-25-27-29-31-32-33-34-35-36-37-38-39-40-41-42-44-46-48-50-52-54-56-58-60-62-64-66-68-70-80(98)93-75(76(97)69-67-65-63-61-59-57-55-53-51-49-47-45-43-30-28-26-24-22-20-18-16-14-12-10-8-6-4-2)74-106-90-86(104)83(101)88(78(72-95)108-90)111-92-87(105)84(102)89(79(73-96)109-92)110-91-85(103)82(100)81(99)77(71-94)107-91/h5,7,11,13,17,19,23,25,29,31,33-34,36-37,39-40,67,69,75-79,81-92,94-97,99-105H,3-4,6,8-10,12,14-16,18,20-22,24,26-28,30,32,35,38,41-66,68,70-74H2,1-2H3,(H,93,98)/b7-5-,13-11-,19-17-,25-23-,31-29-,34-33-,37-36-,40-39-,69-67+. The molecule has 0 aromatic carbocycles. The maximum absolute atomic E-state index is 13.5. The van der Waals surface area contributed by atoms with Gasteiger partial charge in [0, 0.05) is 6.42 Å². The van der Waals surface area contributed by atoms with Gasteiger partial charge >= 0.3 is 0 Å². The highest BCUT2D eigenvalue weighted by Crippen LogP contribution is 2.33. The molecule has 0 spiro atoms. The van der Waals surface area contributed by atoms with Gasteiger partial charge in [0.2, 0.25) is 5.91 Å². The topological polar surface area (TPSA) is 307 Å². The van der Waals surface area contributed by atoms with E-state index >= 15 is 0 Å². The lowest BCUT2D eigenvalue weighted by Gasteiger charge is -2.48. The average molecular weight is 1570 g/mol. The number of amides is 1. The van der Waals surface area contributed by atoms with Crippen molar-refractivity contribution in [2.75, 3.05) is 26.4 Å². The summed E-state index contributed by atoms with van der Waals surface area (Å²) in [6.45, 7) is 1.66. The van der Waals surface area contributed by atoms with Gasteiger partial charge in [-0.2, -0.15) is 0 Å². The highest BCUT2D eigenvalue weighted by molar-refractivity contribution is 5.76. The van der Waals surface area contributed by atoms with Crippen LogP contribution in [0, 0.1) is 0 Å². The Morgan fingerprint density at radius 3 is 0.973 bits per heavy atom. The molecule has 1 amide bonds. The number of carbonyl (C=O) groups is 1. The second kappa shape index (κ2) is 70.6. The summed E-state index contributed by atoms with van der Waals surface area (Å²) in [5.74, 6) is -0.275. The van der Waals surface area contributed by atoms with Crippen LogP contribution in [-0.4, -0.2) is 193 Å². The molecule has 19 nitrogen and oxygen atoms in total. The highest BCUT2D eigenvalue weighted by atomic mass is 16.8. The minimum absolute atomic E-state index is 0.238. The van der Waals surface area contributed by atoms with Crippen molar-refractivity contribution in [3.8, 4) is 0 Å². The third kappa shape index (κ3) is 49.3. The lowest BCUT2D eigenvalue weighted by molar-refractivity contribution is -0.379. The van der Waals surface area contributed by atoms with Gasteiger partial charge in [-0.15, -0.1) is 0 Å². The maximum atomic E-state index is 13.5. The van der Waals surface area contributed by atoms with Crippen LogP contribution in [-0.2, 0) is 33.2 Å². The fourth-order valence-electron chi connectivity index (χ4n) is 14.5. The summed E-state index contributed by atoms with van der Waals surface area (Å²) in [6, 6.07) is -0.981. The van der Waals surface area contributed by atoms with E-state index in [0.29, 0.717) is 6.42 Å². The number of rotatable bonds is 71. The van der Waals surface area contributed by atoms with Crippen molar-refractivity contribution in [2.24, 2.45) is 0 Å². The summed E-state index contributed by atoms with van der Waals surface area (Å²) in [5, 5.41) is 121. The predicted molar refractivity (Wildman–Crippen MR) is 447 cm³/mol. The van der Waals surface area contributed by atoms with Crippen LogP contribution in [0.4, 0.5) is 0 Å². The first-order valence-electron chi connectivity index (χ1n) is 44.6. The molecule has 3 aliphatic heterocycles. The van der Waals surface area contributed by atoms with E-state index in [1.807, 2.05) is 6.08 Å². The van der Waals surface area contributed by atoms with E-state index in [4.69, 9.17) is 28.4 Å². The lowest BCUT2D eigenvalue weighted by atomic mass is 9.96. The molecule has 19 heteroatoms. The summed E-state index contributed by atoms with van der Waals surface area (Å²) in [4.78, 5) is 13.5. The van der Waals surface area contributed by atoms with Crippen LogP contribution in [0.2, 0.25) is 0 Å². The van der Waals surface area contributed by atoms with Gasteiger partial charge in [0.15, 0.2) is 18.9 Å². The summed E-state index contributed by atoms with van der Waals surface area (Å²) in [7, 11) is 0. The van der Waals surface area contributed by atoms with E-state index in [2.05, 4.69) is 116 Å². The third-order valence-corrected chi connectivity index (χ3v) is 21.6.